The molecule has 0 aliphatic carbocycles. The summed E-state index contributed by atoms with van der Waals surface area (Å²) >= 11 is 6.02. The Morgan fingerprint density at radius 3 is 2.73 bits per heavy atom. The lowest BCUT2D eigenvalue weighted by atomic mass is 10.2. The van der Waals surface area contributed by atoms with Gasteiger partial charge in [-0.05, 0) is 24.3 Å². The van der Waals surface area contributed by atoms with Crippen molar-refractivity contribution in [1.82, 2.24) is 15.0 Å². The SMILES string of the molecule is N#Cc1nc(-c2c(F)cccc2Cl)[nH]c1-c1ccc(N)nc1. The second-order valence-electron chi connectivity index (χ2n) is 4.49. The number of H-pyrrole nitrogens is 1. The molecule has 0 aliphatic rings. The standard InChI is InChI=1S/C15H9ClFN5/c16-9-2-1-3-10(17)13(9)15-21-11(6-18)14(22-15)8-4-5-12(19)20-7-8/h1-5,7H,(H2,19,20)(H,21,22). The first kappa shape index (κ1) is 14.0. The van der Waals surface area contributed by atoms with Gasteiger partial charge in [-0.25, -0.2) is 14.4 Å². The Morgan fingerprint density at radius 2 is 2.09 bits per heavy atom. The van der Waals surface area contributed by atoms with Crippen LogP contribution in [0.2, 0.25) is 5.02 Å². The van der Waals surface area contributed by atoms with E-state index >= 15 is 0 Å². The third kappa shape index (κ3) is 2.38. The number of hydrogen-bond acceptors (Lipinski definition) is 4. The number of aromatic nitrogens is 3. The van der Waals surface area contributed by atoms with E-state index in [4.69, 9.17) is 17.3 Å². The number of imidazole rings is 1. The highest BCUT2D eigenvalue weighted by atomic mass is 35.5. The Balaban J connectivity index is 2.17. The molecule has 22 heavy (non-hydrogen) atoms. The number of hydrogen-bond donors (Lipinski definition) is 2. The summed E-state index contributed by atoms with van der Waals surface area (Å²) in [5.41, 5.74) is 6.85. The molecule has 108 valence electrons. The highest BCUT2D eigenvalue weighted by molar-refractivity contribution is 6.33. The molecule has 2 aromatic heterocycles. The maximum Gasteiger partial charge on any atom is 0.167 e. The van der Waals surface area contributed by atoms with Gasteiger partial charge >= 0.3 is 0 Å². The molecule has 3 rings (SSSR count). The summed E-state index contributed by atoms with van der Waals surface area (Å²) in [6, 6.07) is 9.61. The maximum atomic E-state index is 14.0. The van der Waals surface area contributed by atoms with E-state index in [9.17, 15) is 9.65 Å². The molecule has 0 fully saturated rings. The molecule has 7 heteroatoms. The fourth-order valence-corrected chi connectivity index (χ4v) is 2.31. The van der Waals surface area contributed by atoms with Crippen molar-refractivity contribution in [2.24, 2.45) is 0 Å². The second kappa shape index (κ2) is 5.47. The van der Waals surface area contributed by atoms with Crippen LogP contribution in [0.3, 0.4) is 0 Å². The van der Waals surface area contributed by atoms with Crippen LogP contribution in [0.1, 0.15) is 5.69 Å². The predicted molar refractivity (Wildman–Crippen MR) is 81.4 cm³/mol. The molecule has 0 atom stereocenters. The van der Waals surface area contributed by atoms with Crippen LogP contribution in [0.15, 0.2) is 36.5 Å². The Labute approximate surface area is 130 Å². The van der Waals surface area contributed by atoms with Crippen molar-refractivity contribution in [1.29, 1.82) is 5.26 Å². The number of aromatic amines is 1. The molecular weight excluding hydrogens is 305 g/mol. The van der Waals surface area contributed by atoms with Crippen molar-refractivity contribution in [2.75, 3.05) is 5.73 Å². The quantitative estimate of drug-likeness (QED) is 0.758. The van der Waals surface area contributed by atoms with Gasteiger partial charge in [0.05, 0.1) is 16.3 Å². The number of nitrogens with two attached hydrogens (primary N) is 1. The minimum absolute atomic E-state index is 0.121. The summed E-state index contributed by atoms with van der Waals surface area (Å²) in [7, 11) is 0. The van der Waals surface area contributed by atoms with Crippen LogP contribution < -0.4 is 5.73 Å². The topological polar surface area (TPSA) is 91.4 Å². The molecule has 0 saturated heterocycles. The van der Waals surface area contributed by atoms with Gasteiger partial charge in [-0.15, -0.1) is 0 Å². The summed E-state index contributed by atoms with van der Waals surface area (Å²) in [5.74, 6) is 0.0262. The smallest absolute Gasteiger partial charge is 0.167 e. The molecule has 0 unspecified atom stereocenters. The van der Waals surface area contributed by atoms with Crippen LogP contribution in [0.5, 0.6) is 0 Å². The number of rotatable bonds is 2. The van der Waals surface area contributed by atoms with Gasteiger partial charge in [0.25, 0.3) is 0 Å². The first-order valence-corrected chi connectivity index (χ1v) is 6.64. The number of pyridine rings is 1. The van der Waals surface area contributed by atoms with Gasteiger partial charge in [0, 0.05) is 11.8 Å². The van der Waals surface area contributed by atoms with E-state index in [0.717, 1.165) is 0 Å². The molecule has 1 aromatic carbocycles. The molecular formula is C15H9ClFN5. The second-order valence-corrected chi connectivity index (χ2v) is 4.90. The van der Waals surface area contributed by atoms with E-state index in [2.05, 4.69) is 15.0 Å². The summed E-state index contributed by atoms with van der Waals surface area (Å²) in [6.07, 6.45) is 1.51. The number of nitrogens with one attached hydrogen (secondary N) is 1. The number of anilines is 1. The van der Waals surface area contributed by atoms with Crippen LogP contribution in [-0.2, 0) is 0 Å². The van der Waals surface area contributed by atoms with Gasteiger partial charge < -0.3 is 10.7 Å². The molecule has 0 amide bonds. The third-order valence-corrected chi connectivity index (χ3v) is 3.40. The van der Waals surface area contributed by atoms with Crippen LogP contribution in [0.4, 0.5) is 10.2 Å². The van der Waals surface area contributed by atoms with Crippen molar-refractivity contribution in [2.45, 2.75) is 0 Å². The van der Waals surface area contributed by atoms with E-state index in [0.29, 0.717) is 17.1 Å². The molecule has 5 nitrogen and oxygen atoms in total. The molecule has 3 N–H and O–H groups in total. The van der Waals surface area contributed by atoms with Crippen LogP contribution in [0, 0.1) is 17.1 Å². The van der Waals surface area contributed by atoms with E-state index < -0.39 is 5.82 Å². The molecule has 0 bridgehead atoms. The minimum Gasteiger partial charge on any atom is -0.384 e. The van der Waals surface area contributed by atoms with Crippen LogP contribution in [0.25, 0.3) is 22.6 Å². The lowest BCUT2D eigenvalue weighted by Gasteiger charge is -2.02. The predicted octanol–water partition coefficient (Wildman–Crippen LogP) is 3.39. The molecule has 0 radical (unpaired) electrons. The summed E-state index contributed by atoms with van der Waals surface area (Å²) in [5, 5.41) is 9.44. The number of nitrogen functional groups attached to an aromatic ring is 1. The zero-order chi connectivity index (χ0) is 15.7. The van der Waals surface area contributed by atoms with Crippen LogP contribution in [-0.4, -0.2) is 15.0 Å². The maximum absolute atomic E-state index is 14.0. The average Bonchev–Trinajstić information content (AvgIpc) is 2.92. The number of benzene rings is 1. The van der Waals surface area contributed by atoms with Crippen molar-refractivity contribution in [3.8, 4) is 28.7 Å². The van der Waals surface area contributed by atoms with Crippen molar-refractivity contribution in [3.63, 3.8) is 0 Å². The van der Waals surface area contributed by atoms with E-state index in [1.54, 1.807) is 18.2 Å². The van der Waals surface area contributed by atoms with Gasteiger partial charge in [0.2, 0.25) is 0 Å². The molecule has 2 heterocycles. The molecule has 3 aromatic rings. The summed E-state index contributed by atoms with van der Waals surface area (Å²) < 4.78 is 14.0. The van der Waals surface area contributed by atoms with E-state index in [-0.39, 0.29) is 22.1 Å². The largest absolute Gasteiger partial charge is 0.384 e. The summed E-state index contributed by atoms with van der Waals surface area (Å²) in [4.78, 5) is 11.0. The third-order valence-electron chi connectivity index (χ3n) is 3.08. The highest BCUT2D eigenvalue weighted by Crippen LogP contribution is 2.31. The molecule has 0 spiro atoms. The Hall–Kier alpha value is -2.91. The average molecular weight is 314 g/mol. The Kier molecular flexibility index (Phi) is 3.49. The Bertz CT molecular complexity index is 860. The zero-order valence-corrected chi connectivity index (χ0v) is 11.9. The van der Waals surface area contributed by atoms with E-state index in [1.807, 2.05) is 6.07 Å². The van der Waals surface area contributed by atoms with E-state index in [1.165, 1.54) is 18.3 Å². The lowest BCUT2D eigenvalue weighted by Crippen LogP contribution is -1.90. The van der Waals surface area contributed by atoms with Gasteiger partial charge in [0.1, 0.15) is 23.5 Å². The van der Waals surface area contributed by atoms with Crippen molar-refractivity contribution in [3.05, 3.63) is 53.1 Å². The number of nitriles is 1. The molecule has 0 saturated carbocycles. The summed E-state index contributed by atoms with van der Waals surface area (Å²) in [6.45, 7) is 0. The number of halogens is 2. The minimum atomic E-state index is -0.521. The van der Waals surface area contributed by atoms with Crippen molar-refractivity contribution < 1.29 is 4.39 Å². The van der Waals surface area contributed by atoms with Gasteiger partial charge in [-0.3, -0.25) is 0 Å². The Morgan fingerprint density at radius 1 is 1.27 bits per heavy atom. The van der Waals surface area contributed by atoms with Gasteiger partial charge in [-0.2, -0.15) is 5.26 Å². The van der Waals surface area contributed by atoms with Gasteiger partial charge in [0.15, 0.2) is 5.69 Å². The number of nitrogens with zero attached hydrogens (tertiary/aromatic N) is 3. The first-order valence-electron chi connectivity index (χ1n) is 6.26. The highest BCUT2D eigenvalue weighted by Gasteiger charge is 2.18. The molecule has 0 aliphatic heterocycles. The van der Waals surface area contributed by atoms with Crippen LogP contribution >= 0.6 is 11.6 Å². The monoisotopic (exact) mass is 313 g/mol. The fraction of sp³-hybridized carbons (Fsp3) is 0. The fourth-order valence-electron chi connectivity index (χ4n) is 2.06. The van der Waals surface area contributed by atoms with Gasteiger partial charge in [-0.1, -0.05) is 17.7 Å². The normalized spacial score (nSPS) is 10.4. The lowest BCUT2D eigenvalue weighted by molar-refractivity contribution is 0.630. The first-order chi connectivity index (χ1) is 10.6. The zero-order valence-electron chi connectivity index (χ0n) is 11.1. The van der Waals surface area contributed by atoms with Crippen molar-refractivity contribution >= 4 is 17.4 Å².